The summed E-state index contributed by atoms with van der Waals surface area (Å²) in [6.45, 7) is 4.59. The molecule has 0 spiro atoms. The van der Waals surface area contributed by atoms with Crippen molar-refractivity contribution in [3.8, 4) is 0 Å². The number of rotatable bonds is 8. The quantitative estimate of drug-likeness (QED) is 0.315. The molecule has 0 aliphatic heterocycles. The van der Waals surface area contributed by atoms with E-state index < -0.39 is 12.1 Å². The number of carbonyl (C=O) groups is 2. The summed E-state index contributed by atoms with van der Waals surface area (Å²) in [7, 11) is 0. The molecule has 21 heavy (non-hydrogen) atoms. The van der Waals surface area contributed by atoms with Crippen LogP contribution in [0.5, 0.6) is 0 Å². The van der Waals surface area contributed by atoms with E-state index in [2.05, 4.69) is 19.6 Å². The molecule has 0 aromatic heterocycles. The van der Waals surface area contributed by atoms with Crippen molar-refractivity contribution >= 4 is 12.1 Å². The molecular formula is C14H18O7. The Kier molecular flexibility index (Phi) is 7.85. The lowest BCUT2D eigenvalue weighted by atomic mass is 10.1. The second-order valence-corrected chi connectivity index (χ2v) is 3.87. The molecule has 0 saturated heterocycles. The Balaban J connectivity index is 2.21. The van der Waals surface area contributed by atoms with Crippen LogP contribution in [-0.2, 0) is 30.7 Å². The number of benzene rings is 1. The van der Waals surface area contributed by atoms with Crippen LogP contribution in [0.3, 0.4) is 0 Å². The van der Waals surface area contributed by atoms with E-state index in [1.54, 1.807) is 24.3 Å². The Morgan fingerprint density at radius 1 is 1.00 bits per heavy atom. The largest absolute Gasteiger partial charge is 0.543 e. The molecular weight excluding hydrogens is 280 g/mol. The molecule has 0 radical (unpaired) electrons. The van der Waals surface area contributed by atoms with Gasteiger partial charge in [0.15, 0.2) is 0 Å². The number of hydrogen-bond acceptors (Lipinski definition) is 7. The zero-order valence-corrected chi connectivity index (χ0v) is 12.0. The molecule has 0 N–H and O–H groups in total. The highest BCUT2D eigenvalue weighted by atomic mass is 17.5. The molecule has 0 fully saturated rings. The third-order valence-corrected chi connectivity index (χ3v) is 2.46. The zero-order chi connectivity index (χ0) is 15.5. The molecule has 7 nitrogen and oxygen atoms in total. The molecule has 0 aliphatic carbocycles. The summed E-state index contributed by atoms with van der Waals surface area (Å²) < 4.78 is 9.50. The van der Waals surface area contributed by atoms with Gasteiger partial charge >= 0.3 is 12.1 Å². The summed E-state index contributed by atoms with van der Waals surface area (Å²) in [6, 6.07) is 6.76. The average molecular weight is 298 g/mol. The van der Waals surface area contributed by atoms with Gasteiger partial charge in [0.25, 0.3) is 0 Å². The van der Waals surface area contributed by atoms with E-state index in [4.69, 9.17) is 4.74 Å². The van der Waals surface area contributed by atoms with Gasteiger partial charge in [0, 0.05) is 6.61 Å². The molecule has 0 bridgehead atoms. The highest BCUT2D eigenvalue weighted by molar-refractivity contribution is 5.88. The minimum absolute atomic E-state index is 0.0163. The van der Waals surface area contributed by atoms with Crippen LogP contribution in [0.2, 0.25) is 0 Å². The third-order valence-electron chi connectivity index (χ3n) is 2.46. The smallest absolute Gasteiger partial charge is 0.430 e. The van der Waals surface area contributed by atoms with Crippen LogP contribution in [-0.4, -0.2) is 31.9 Å². The van der Waals surface area contributed by atoms with Crippen molar-refractivity contribution < 1.29 is 33.9 Å². The summed E-state index contributed by atoms with van der Waals surface area (Å²) in [6.07, 6.45) is -0.258. The molecule has 1 rings (SSSR count). The maximum absolute atomic E-state index is 11.5. The van der Waals surface area contributed by atoms with E-state index in [1.165, 1.54) is 0 Å². The normalized spacial score (nSPS) is 10.0. The molecule has 0 aliphatic rings. The van der Waals surface area contributed by atoms with Gasteiger partial charge in [-0.05, 0) is 31.0 Å². The fourth-order valence-corrected chi connectivity index (χ4v) is 1.35. The monoisotopic (exact) mass is 298 g/mol. The summed E-state index contributed by atoms with van der Waals surface area (Å²) in [4.78, 5) is 30.9. The first-order valence-electron chi connectivity index (χ1n) is 6.56. The molecule has 116 valence electrons. The summed E-state index contributed by atoms with van der Waals surface area (Å²) in [5.41, 5.74) is 1.36. The van der Waals surface area contributed by atoms with Crippen LogP contribution < -0.4 is 0 Å². The van der Waals surface area contributed by atoms with E-state index in [9.17, 15) is 9.59 Å². The molecule has 7 heteroatoms. The van der Waals surface area contributed by atoms with Gasteiger partial charge in [-0.15, -0.1) is 0 Å². The van der Waals surface area contributed by atoms with Crippen molar-refractivity contribution in [2.45, 2.75) is 20.3 Å². The predicted octanol–water partition coefficient (Wildman–Crippen LogP) is 2.44. The van der Waals surface area contributed by atoms with Gasteiger partial charge in [0.1, 0.15) is 6.61 Å². The van der Waals surface area contributed by atoms with E-state index in [1.807, 2.05) is 13.8 Å². The molecule has 0 saturated carbocycles. The first-order chi connectivity index (χ1) is 10.2. The Hall–Kier alpha value is -2.12. The van der Waals surface area contributed by atoms with Gasteiger partial charge in [-0.3, -0.25) is 4.89 Å². The minimum Gasteiger partial charge on any atom is -0.430 e. The lowest BCUT2D eigenvalue weighted by molar-refractivity contribution is -0.452. The van der Waals surface area contributed by atoms with Gasteiger partial charge in [-0.25, -0.2) is 14.5 Å². The minimum atomic E-state index is -1.12. The van der Waals surface area contributed by atoms with Crippen molar-refractivity contribution in [3.63, 3.8) is 0 Å². The Labute approximate surface area is 122 Å². The van der Waals surface area contributed by atoms with Crippen molar-refractivity contribution in [1.82, 2.24) is 0 Å². The maximum Gasteiger partial charge on any atom is 0.543 e. The van der Waals surface area contributed by atoms with Gasteiger partial charge < -0.3 is 9.47 Å². The molecule has 0 atom stereocenters. The number of carbonyl (C=O) groups excluding carboxylic acids is 2. The van der Waals surface area contributed by atoms with Crippen molar-refractivity contribution in [3.05, 3.63) is 35.4 Å². The first kappa shape index (κ1) is 16.9. The van der Waals surface area contributed by atoms with E-state index in [0.29, 0.717) is 6.61 Å². The van der Waals surface area contributed by atoms with E-state index in [0.717, 1.165) is 12.0 Å². The Morgan fingerprint density at radius 3 is 2.33 bits per heavy atom. The van der Waals surface area contributed by atoms with Crippen LogP contribution in [0, 0.1) is 0 Å². The van der Waals surface area contributed by atoms with Crippen LogP contribution in [0.1, 0.15) is 29.8 Å². The fraction of sp³-hybridized carbons (Fsp3) is 0.429. The van der Waals surface area contributed by atoms with Crippen LogP contribution in [0.4, 0.5) is 4.79 Å². The van der Waals surface area contributed by atoms with Crippen LogP contribution in [0.15, 0.2) is 24.3 Å². The lowest BCUT2D eigenvalue weighted by Gasteiger charge is -2.04. The second-order valence-electron chi connectivity index (χ2n) is 3.87. The molecule has 1 aromatic rings. The van der Waals surface area contributed by atoms with Crippen LogP contribution in [0.25, 0.3) is 0 Å². The lowest BCUT2D eigenvalue weighted by Crippen LogP contribution is -2.14. The topological polar surface area (TPSA) is 80.3 Å². The SMILES string of the molecule is CCOCCOC(=O)OOOC(=O)c1ccc(CC)cc1. The average Bonchev–Trinajstić information content (AvgIpc) is 2.51. The fourth-order valence-electron chi connectivity index (χ4n) is 1.35. The predicted molar refractivity (Wildman–Crippen MR) is 71.2 cm³/mol. The van der Waals surface area contributed by atoms with E-state index >= 15 is 0 Å². The Morgan fingerprint density at radius 2 is 1.71 bits per heavy atom. The molecule has 1 aromatic carbocycles. The van der Waals surface area contributed by atoms with Gasteiger partial charge in [-0.1, -0.05) is 19.1 Å². The second kappa shape index (κ2) is 9.73. The summed E-state index contributed by atoms with van der Waals surface area (Å²) >= 11 is 0. The van der Waals surface area contributed by atoms with Crippen molar-refractivity contribution in [1.29, 1.82) is 0 Å². The first-order valence-corrected chi connectivity index (χ1v) is 6.56. The number of aryl methyl sites for hydroxylation is 1. The third kappa shape index (κ3) is 6.73. The Bertz CT molecular complexity index is 441. The van der Waals surface area contributed by atoms with Gasteiger partial charge in [0.2, 0.25) is 0 Å². The standard InChI is InChI=1S/C14H18O7/c1-3-11-5-7-12(8-6-11)13(15)19-21-20-14(16)18-10-9-17-4-2/h5-8H,3-4,9-10H2,1-2H3. The molecule has 0 amide bonds. The maximum atomic E-state index is 11.5. The van der Waals surface area contributed by atoms with Crippen molar-refractivity contribution in [2.24, 2.45) is 0 Å². The van der Waals surface area contributed by atoms with Gasteiger partial charge in [0.05, 0.1) is 17.2 Å². The summed E-state index contributed by atoms with van der Waals surface area (Å²) in [5.74, 6) is -0.778. The molecule has 0 heterocycles. The van der Waals surface area contributed by atoms with Crippen molar-refractivity contribution in [2.75, 3.05) is 19.8 Å². The number of ether oxygens (including phenoxy) is 2. The van der Waals surface area contributed by atoms with Gasteiger partial charge in [-0.2, -0.15) is 0 Å². The van der Waals surface area contributed by atoms with E-state index in [-0.39, 0.29) is 18.8 Å². The van der Waals surface area contributed by atoms with Crippen LogP contribution >= 0.6 is 0 Å². The number of hydrogen-bond donors (Lipinski definition) is 0. The highest BCUT2D eigenvalue weighted by Gasteiger charge is 2.11. The molecule has 0 unspecified atom stereocenters. The zero-order valence-electron chi connectivity index (χ0n) is 12.0. The highest BCUT2D eigenvalue weighted by Crippen LogP contribution is 2.07. The summed E-state index contributed by atoms with van der Waals surface area (Å²) in [5, 5.41) is 4.06.